The van der Waals surface area contributed by atoms with Crippen molar-refractivity contribution >= 4 is 5.97 Å². The van der Waals surface area contributed by atoms with E-state index in [-0.39, 0.29) is 23.7 Å². The lowest BCUT2D eigenvalue weighted by molar-refractivity contribution is -0.154. The number of benzene rings is 1. The van der Waals surface area contributed by atoms with Crippen molar-refractivity contribution in [1.82, 2.24) is 0 Å². The molecule has 0 radical (unpaired) electrons. The van der Waals surface area contributed by atoms with Crippen LogP contribution >= 0.6 is 0 Å². The zero-order chi connectivity index (χ0) is 10.8. The fourth-order valence-corrected chi connectivity index (χ4v) is 1.87. The second-order valence-corrected chi connectivity index (χ2v) is 3.97. The standard InChI is InChI=1S/C12H14O3/c1-8-2-7-11(12(14)15-8)9-3-5-10(13)6-4-9/h3-6,8,11,13H,2,7H2,1H3/t8-,11?/m0/s1. The van der Waals surface area contributed by atoms with Gasteiger partial charge in [-0.3, -0.25) is 4.79 Å². The van der Waals surface area contributed by atoms with E-state index in [0.717, 1.165) is 18.4 Å². The normalized spacial score (nSPS) is 26.1. The highest BCUT2D eigenvalue weighted by Crippen LogP contribution is 2.29. The highest BCUT2D eigenvalue weighted by molar-refractivity contribution is 5.79. The summed E-state index contributed by atoms with van der Waals surface area (Å²) in [5.41, 5.74) is 0.921. The Bertz CT molecular complexity index is 356. The molecule has 15 heavy (non-hydrogen) atoms. The van der Waals surface area contributed by atoms with Crippen LogP contribution in [-0.2, 0) is 9.53 Å². The van der Waals surface area contributed by atoms with Crippen molar-refractivity contribution in [3.05, 3.63) is 29.8 Å². The van der Waals surface area contributed by atoms with Crippen LogP contribution in [0.4, 0.5) is 0 Å². The minimum atomic E-state index is -0.165. The summed E-state index contributed by atoms with van der Waals surface area (Å²) in [7, 11) is 0. The number of carbonyl (C=O) groups excluding carboxylic acids is 1. The predicted octanol–water partition coefficient (Wildman–Crippen LogP) is 2.20. The van der Waals surface area contributed by atoms with Crippen LogP contribution in [-0.4, -0.2) is 17.2 Å². The van der Waals surface area contributed by atoms with Gasteiger partial charge in [0.15, 0.2) is 0 Å². The molecule has 0 spiro atoms. The maximum Gasteiger partial charge on any atom is 0.313 e. The molecule has 2 rings (SSSR count). The molecule has 0 amide bonds. The number of ether oxygens (including phenoxy) is 1. The molecule has 1 aromatic rings. The van der Waals surface area contributed by atoms with Gasteiger partial charge in [0, 0.05) is 0 Å². The SMILES string of the molecule is C[C@H]1CCC(c2ccc(O)cc2)C(=O)O1. The molecule has 1 fully saturated rings. The molecular weight excluding hydrogens is 192 g/mol. The van der Waals surface area contributed by atoms with Gasteiger partial charge in [-0.15, -0.1) is 0 Å². The molecule has 1 unspecified atom stereocenters. The Hall–Kier alpha value is -1.51. The Morgan fingerprint density at radius 3 is 2.53 bits per heavy atom. The zero-order valence-corrected chi connectivity index (χ0v) is 8.64. The van der Waals surface area contributed by atoms with Crippen molar-refractivity contribution in [2.24, 2.45) is 0 Å². The summed E-state index contributed by atoms with van der Waals surface area (Å²) >= 11 is 0. The van der Waals surface area contributed by atoms with E-state index in [1.165, 1.54) is 0 Å². The number of hydrogen-bond donors (Lipinski definition) is 1. The summed E-state index contributed by atoms with van der Waals surface area (Å²) in [5, 5.41) is 9.15. The van der Waals surface area contributed by atoms with Gasteiger partial charge in [-0.05, 0) is 37.5 Å². The van der Waals surface area contributed by atoms with Crippen LogP contribution in [0.25, 0.3) is 0 Å². The minimum absolute atomic E-state index is 0.0332. The first-order valence-corrected chi connectivity index (χ1v) is 5.16. The molecule has 1 heterocycles. The van der Waals surface area contributed by atoms with Crippen LogP contribution in [0.1, 0.15) is 31.2 Å². The van der Waals surface area contributed by atoms with Crippen molar-refractivity contribution in [3.63, 3.8) is 0 Å². The van der Waals surface area contributed by atoms with Gasteiger partial charge in [-0.2, -0.15) is 0 Å². The second kappa shape index (κ2) is 3.93. The molecular formula is C12H14O3. The molecule has 0 saturated carbocycles. The van der Waals surface area contributed by atoms with E-state index in [4.69, 9.17) is 9.84 Å². The lowest BCUT2D eigenvalue weighted by Gasteiger charge is -2.25. The minimum Gasteiger partial charge on any atom is -0.508 e. The molecule has 1 N–H and O–H groups in total. The average molecular weight is 206 g/mol. The van der Waals surface area contributed by atoms with Gasteiger partial charge in [0.1, 0.15) is 5.75 Å². The predicted molar refractivity (Wildman–Crippen MR) is 55.6 cm³/mol. The largest absolute Gasteiger partial charge is 0.508 e. The van der Waals surface area contributed by atoms with E-state index in [9.17, 15) is 4.79 Å². The molecule has 1 aliphatic heterocycles. The smallest absolute Gasteiger partial charge is 0.313 e. The number of cyclic esters (lactones) is 1. The van der Waals surface area contributed by atoms with Crippen molar-refractivity contribution in [2.75, 3.05) is 0 Å². The monoisotopic (exact) mass is 206 g/mol. The van der Waals surface area contributed by atoms with Gasteiger partial charge in [-0.25, -0.2) is 0 Å². The average Bonchev–Trinajstić information content (AvgIpc) is 2.20. The third-order valence-corrected chi connectivity index (χ3v) is 2.76. The molecule has 3 nitrogen and oxygen atoms in total. The fraction of sp³-hybridized carbons (Fsp3) is 0.417. The summed E-state index contributed by atoms with van der Waals surface area (Å²) in [5.74, 6) is -0.0995. The maximum absolute atomic E-state index is 11.6. The fourth-order valence-electron chi connectivity index (χ4n) is 1.87. The first kappa shape index (κ1) is 10.0. The van der Waals surface area contributed by atoms with E-state index in [0.29, 0.717) is 0 Å². The number of phenols is 1. The molecule has 1 aromatic carbocycles. The summed E-state index contributed by atoms with van der Waals surface area (Å²) in [6.45, 7) is 1.91. The van der Waals surface area contributed by atoms with Crippen molar-refractivity contribution in [2.45, 2.75) is 31.8 Å². The van der Waals surface area contributed by atoms with E-state index in [2.05, 4.69) is 0 Å². The lowest BCUT2D eigenvalue weighted by atomic mass is 9.91. The number of phenolic OH excluding ortho intramolecular Hbond substituents is 1. The van der Waals surface area contributed by atoms with Gasteiger partial charge in [0.05, 0.1) is 12.0 Å². The van der Waals surface area contributed by atoms with E-state index in [1.807, 2.05) is 6.92 Å². The highest BCUT2D eigenvalue weighted by atomic mass is 16.5. The van der Waals surface area contributed by atoms with E-state index in [1.54, 1.807) is 24.3 Å². The van der Waals surface area contributed by atoms with E-state index < -0.39 is 0 Å². The summed E-state index contributed by atoms with van der Waals surface area (Å²) in [6, 6.07) is 6.75. The van der Waals surface area contributed by atoms with Crippen LogP contribution in [0.15, 0.2) is 24.3 Å². The molecule has 2 atom stereocenters. The van der Waals surface area contributed by atoms with Gasteiger partial charge < -0.3 is 9.84 Å². The molecule has 1 aliphatic rings. The molecule has 0 aromatic heterocycles. The van der Waals surface area contributed by atoms with Gasteiger partial charge in [0.2, 0.25) is 0 Å². The lowest BCUT2D eigenvalue weighted by Crippen LogP contribution is -2.27. The topological polar surface area (TPSA) is 46.5 Å². The number of carbonyl (C=O) groups is 1. The molecule has 0 aliphatic carbocycles. The molecule has 0 bridgehead atoms. The quantitative estimate of drug-likeness (QED) is 0.716. The van der Waals surface area contributed by atoms with Crippen molar-refractivity contribution in [3.8, 4) is 5.75 Å². The third-order valence-electron chi connectivity index (χ3n) is 2.76. The Labute approximate surface area is 88.7 Å². The summed E-state index contributed by atoms with van der Waals surface area (Å²) < 4.78 is 5.18. The Morgan fingerprint density at radius 2 is 1.93 bits per heavy atom. The summed E-state index contributed by atoms with van der Waals surface area (Å²) in [6.07, 6.45) is 1.76. The van der Waals surface area contributed by atoms with Gasteiger partial charge in [-0.1, -0.05) is 12.1 Å². The maximum atomic E-state index is 11.6. The number of aromatic hydroxyl groups is 1. The first-order valence-electron chi connectivity index (χ1n) is 5.16. The Morgan fingerprint density at radius 1 is 1.27 bits per heavy atom. The van der Waals surface area contributed by atoms with Crippen LogP contribution < -0.4 is 0 Å². The van der Waals surface area contributed by atoms with Crippen LogP contribution in [0, 0.1) is 0 Å². The second-order valence-electron chi connectivity index (χ2n) is 3.97. The van der Waals surface area contributed by atoms with E-state index >= 15 is 0 Å². The number of esters is 1. The molecule has 1 saturated heterocycles. The zero-order valence-electron chi connectivity index (χ0n) is 8.64. The highest BCUT2D eigenvalue weighted by Gasteiger charge is 2.28. The number of rotatable bonds is 1. The van der Waals surface area contributed by atoms with Gasteiger partial charge >= 0.3 is 5.97 Å². The first-order chi connectivity index (χ1) is 7.16. The van der Waals surface area contributed by atoms with Crippen LogP contribution in [0.5, 0.6) is 5.75 Å². The third kappa shape index (κ3) is 2.12. The molecule has 80 valence electrons. The Kier molecular flexibility index (Phi) is 2.62. The summed E-state index contributed by atoms with van der Waals surface area (Å²) in [4.78, 5) is 11.6. The van der Waals surface area contributed by atoms with Crippen LogP contribution in [0.2, 0.25) is 0 Å². The Balaban J connectivity index is 2.17. The number of hydrogen-bond acceptors (Lipinski definition) is 3. The van der Waals surface area contributed by atoms with Crippen molar-refractivity contribution in [1.29, 1.82) is 0 Å². The van der Waals surface area contributed by atoms with Crippen molar-refractivity contribution < 1.29 is 14.6 Å². The van der Waals surface area contributed by atoms with Gasteiger partial charge in [0.25, 0.3) is 0 Å². The molecule has 3 heteroatoms. The van der Waals surface area contributed by atoms with Crippen LogP contribution in [0.3, 0.4) is 0 Å².